The van der Waals surface area contributed by atoms with E-state index in [2.05, 4.69) is 34.3 Å². The summed E-state index contributed by atoms with van der Waals surface area (Å²) in [5.41, 5.74) is 5.24. The van der Waals surface area contributed by atoms with Crippen LogP contribution in [-0.2, 0) is 13.2 Å². The minimum Gasteiger partial charge on any atom is -0.497 e. The highest BCUT2D eigenvalue weighted by Gasteiger charge is 2.23. The Labute approximate surface area is 236 Å². The molecule has 1 aromatic carbocycles. The second kappa shape index (κ2) is 13.3. The van der Waals surface area contributed by atoms with Gasteiger partial charge in [-0.3, -0.25) is 4.79 Å². The summed E-state index contributed by atoms with van der Waals surface area (Å²) in [6.07, 6.45) is 14.7. The third-order valence-corrected chi connectivity index (χ3v) is 8.95. The van der Waals surface area contributed by atoms with E-state index in [1.54, 1.807) is 18.4 Å². The lowest BCUT2D eigenvalue weighted by Gasteiger charge is -2.24. The number of hydrogen-bond donors (Lipinski definition) is 1. The van der Waals surface area contributed by atoms with E-state index >= 15 is 0 Å². The second-order valence-electron chi connectivity index (χ2n) is 10.8. The van der Waals surface area contributed by atoms with Gasteiger partial charge in [-0.25, -0.2) is 4.98 Å². The number of nitrogens with zero attached hydrogens (tertiary/aromatic N) is 2. The Hall–Kier alpha value is -3.06. The van der Waals surface area contributed by atoms with Gasteiger partial charge >= 0.3 is 0 Å². The fraction of sp³-hybridized carbons (Fsp3) is 0.500. The third kappa shape index (κ3) is 7.13. The number of nitrogens with one attached hydrogen (secondary N) is 1. The standard InChI is InChI=1S/C32H41N3O3S/c1-23-28(32(36)33-18-17-24-9-5-3-6-10-24)19-30(35(23)20-25-11-7-4-8-12-25)29-22-39-31(34-29)21-38-27-15-13-26(37-2)14-16-27/h9,13-16,19,22,25H,3-8,10-12,17-18,20-21H2,1-2H3,(H,33,36). The molecule has 2 aliphatic carbocycles. The van der Waals surface area contributed by atoms with Crippen LogP contribution in [0.3, 0.4) is 0 Å². The topological polar surface area (TPSA) is 65.4 Å². The van der Waals surface area contributed by atoms with Gasteiger partial charge in [0.05, 0.1) is 24.1 Å². The Morgan fingerprint density at radius 1 is 1.10 bits per heavy atom. The van der Waals surface area contributed by atoms with Gasteiger partial charge < -0.3 is 19.4 Å². The van der Waals surface area contributed by atoms with Crippen LogP contribution in [0.25, 0.3) is 11.4 Å². The lowest BCUT2D eigenvalue weighted by Crippen LogP contribution is -2.25. The molecule has 2 aromatic heterocycles. The molecule has 1 saturated carbocycles. The van der Waals surface area contributed by atoms with E-state index < -0.39 is 0 Å². The van der Waals surface area contributed by atoms with Crippen molar-refractivity contribution in [2.75, 3.05) is 13.7 Å². The van der Waals surface area contributed by atoms with Crippen LogP contribution < -0.4 is 14.8 Å². The summed E-state index contributed by atoms with van der Waals surface area (Å²) in [7, 11) is 1.66. The minimum absolute atomic E-state index is 0.0193. The highest BCUT2D eigenvalue weighted by atomic mass is 32.1. The summed E-state index contributed by atoms with van der Waals surface area (Å²) >= 11 is 1.60. The van der Waals surface area contributed by atoms with Crippen LogP contribution in [0.2, 0.25) is 0 Å². The minimum atomic E-state index is 0.0193. The number of carbonyl (C=O) groups is 1. The molecule has 2 heterocycles. The zero-order valence-electron chi connectivity index (χ0n) is 23.3. The number of aromatic nitrogens is 2. The number of methoxy groups -OCH3 is 1. The molecule has 1 amide bonds. The lowest BCUT2D eigenvalue weighted by atomic mass is 9.89. The molecule has 1 N–H and O–H groups in total. The molecule has 2 aliphatic rings. The summed E-state index contributed by atoms with van der Waals surface area (Å²) in [4.78, 5) is 18.2. The SMILES string of the molecule is COc1ccc(OCc2nc(-c3cc(C(=O)NCCC4=CCCCC4)c(C)n3CC3CCCCC3)cs2)cc1. The predicted molar refractivity (Wildman–Crippen MR) is 158 cm³/mol. The first-order valence-corrected chi connectivity index (χ1v) is 15.4. The van der Waals surface area contributed by atoms with Crippen LogP contribution in [0.15, 0.2) is 47.4 Å². The summed E-state index contributed by atoms with van der Waals surface area (Å²) in [6, 6.07) is 9.64. The molecular weight excluding hydrogens is 506 g/mol. The smallest absolute Gasteiger partial charge is 0.253 e. The van der Waals surface area contributed by atoms with E-state index in [-0.39, 0.29) is 5.91 Å². The molecule has 39 heavy (non-hydrogen) atoms. The first-order chi connectivity index (χ1) is 19.1. The Kier molecular flexibility index (Phi) is 9.40. The van der Waals surface area contributed by atoms with E-state index in [4.69, 9.17) is 14.5 Å². The van der Waals surface area contributed by atoms with Gasteiger partial charge in [0.15, 0.2) is 0 Å². The van der Waals surface area contributed by atoms with Crippen molar-refractivity contribution in [3.8, 4) is 22.9 Å². The predicted octanol–water partition coefficient (Wildman–Crippen LogP) is 7.71. The van der Waals surface area contributed by atoms with Crippen LogP contribution in [0, 0.1) is 12.8 Å². The highest BCUT2D eigenvalue weighted by Crippen LogP contribution is 2.32. The Morgan fingerprint density at radius 3 is 2.64 bits per heavy atom. The summed E-state index contributed by atoms with van der Waals surface area (Å²) < 4.78 is 13.5. The van der Waals surface area contributed by atoms with E-state index in [0.717, 1.165) is 52.1 Å². The number of thiazole rings is 1. The van der Waals surface area contributed by atoms with Gasteiger partial charge in [-0.2, -0.15) is 0 Å². The maximum atomic E-state index is 13.3. The number of amides is 1. The van der Waals surface area contributed by atoms with E-state index in [9.17, 15) is 4.79 Å². The van der Waals surface area contributed by atoms with Crippen molar-refractivity contribution in [2.24, 2.45) is 5.92 Å². The van der Waals surface area contributed by atoms with Crippen LogP contribution in [-0.4, -0.2) is 29.1 Å². The second-order valence-corrected chi connectivity index (χ2v) is 11.8. The highest BCUT2D eigenvalue weighted by molar-refractivity contribution is 7.09. The maximum absolute atomic E-state index is 13.3. The van der Waals surface area contributed by atoms with Gasteiger partial charge in [-0.15, -0.1) is 11.3 Å². The number of allylic oxidation sites excluding steroid dienone is 1. The van der Waals surface area contributed by atoms with Crippen molar-refractivity contribution < 1.29 is 14.3 Å². The molecule has 6 nitrogen and oxygen atoms in total. The molecule has 0 unspecified atom stereocenters. The third-order valence-electron chi connectivity index (χ3n) is 8.13. The molecular formula is C32H41N3O3S. The molecule has 0 aliphatic heterocycles. The number of rotatable bonds is 11. The Balaban J connectivity index is 1.31. The summed E-state index contributed by atoms with van der Waals surface area (Å²) in [6.45, 7) is 4.13. The summed E-state index contributed by atoms with van der Waals surface area (Å²) in [5, 5.41) is 6.20. The number of ether oxygens (including phenoxy) is 2. The maximum Gasteiger partial charge on any atom is 0.253 e. The van der Waals surface area contributed by atoms with E-state index in [1.807, 2.05) is 24.3 Å². The molecule has 208 valence electrons. The Morgan fingerprint density at radius 2 is 1.90 bits per heavy atom. The van der Waals surface area contributed by atoms with Crippen molar-refractivity contribution in [3.05, 3.63) is 63.6 Å². The fourth-order valence-corrected chi connectivity index (χ4v) is 6.52. The van der Waals surface area contributed by atoms with Gasteiger partial charge in [-0.05, 0) is 88.1 Å². The molecule has 5 rings (SSSR count). The van der Waals surface area contributed by atoms with E-state index in [1.165, 1.54) is 63.4 Å². The van der Waals surface area contributed by atoms with Gasteiger partial charge in [0.2, 0.25) is 0 Å². The molecule has 0 atom stereocenters. The van der Waals surface area contributed by atoms with Crippen LogP contribution in [0.1, 0.15) is 85.3 Å². The van der Waals surface area contributed by atoms with Crippen molar-refractivity contribution in [2.45, 2.75) is 84.3 Å². The quantitative estimate of drug-likeness (QED) is 0.250. The number of hydrogen-bond acceptors (Lipinski definition) is 5. The van der Waals surface area contributed by atoms with Crippen LogP contribution in [0.4, 0.5) is 0 Å². The molecule has 0 spiro atoms. The fourth-order valence-electron chi connectivity index (χ4n) is 5.83. The van der Waals surface area contributed by atoms with Gasteiger partial charge in [0.1, 0.15) is 23.1 Å². The lowest BCUT2D eigenvalue weighted by molar-refractivity contribution is 0.0953. The normalized spacial score (nSPS) is 16.1. The number of carbonyl (C=O) groups excluding carboxylic acids is 1. The van der Waals surface area contributed by atoms with E-state index in [0.29, 0.717) is 19.1 Å². The molecule has 7 heteroatoms. The van der Waals surface area contributed by atoms with Gasteiger partial charge in [0, 0.05) is 24.2 Å². The first-order valence-electron chi connectivity index (χ1n) is 14.5. The van der Waals surface area contributed by atoms with Crippen molar-refractivity contribution in [3.63, 3.8) is 0 Å². The monoisotopic (exact) mass is 547 g/mol. The average Bonchev–Trinajstić information content (AvgIpc) is 3.58. The first kappa shape index (κ1) is 27.5. The number of benzene rings is 1. The summed E-state index contributed by atoms with van der Waals surface area (Å²) in [5.74, 6) is 2.26. The van der Waals surface area contributed by atoms with Crippen LogP contribution in [0.5, 0.6) is 11.5 Å². The molecule has 1 fully saturated rings. The Bertz CT molecular complexity index is 1270. The molecule has 0 bridgehead atoms. The zero-order chi connectivity index (χ0) is 27.0. The molecule has 3 aromatic rings. The zero-order valence-corrected chi connectivity index (χ0v) is 24.2. The van der Waals surface area contributed by atoms with Crippen LogP contribution >= 0.6 is 11.3 Å². The van der Waals surface area contributed by atoms with Crippen molar-refractivity contribution in [1.82, 2.24) is 14.9 Å². The van der Waals surface area contributed by atoms with Crippen molar-refractivity contribution >= 4 is 17.2 Å². The largest absolute Gasteiger partial charge is 0.497 e. The van der Waals surface area contributed by atoms with Gasteiger partial charge in [0.25, 0.3) is 5.91 Å². The van der Waals surface area contributed by atoms with Crippen molar-refractivity contribution in [1.29, 1.82) is 0 Å². The van der Waals surface area contributed by atoms with Gasteiger partial charge in [-0.1, -0.05) is 30.9 Å². The average molecular weight is 548 g/mol. The molecule has 0 radical (unpaired) electrons. The molecule has 0 saturated heterocycles.